The Balaban J connectivity index is 2.82. The average Bonchev–Trinajstić information content (AvgIpc) is 2.32. The molecule has 0 bridgehead atoms. The van der Waals surface area contributed by atoms with E-state index >= 15 is 0 Å². The summed E-state index contributed by atoms with van der Waals surface area (Å²) in [7, 11) is 0. The maximum absolute atomic E-state index is 11.9. The van der Waals surface area contributed by atoms with Gasteiger partial charge in [-0.15, -0.1) is 0 Å². The van der Waals surface area contributed by atoms with E-state index in [9.17, 15) is 4.79 Å². The lowest BCUT2D eigenvalue weighted by molar-refractivity contribution is -0.121. The second-order valence-corrected chi connectivity index (χ2v) is 4.97. The van der Waals surface area contributed by atoms with E-state index in [1.807, 2.05) is 13.8 Å². The Morgan fingerprint density at radius 1 is 1.43 bits per heavy atom. The van der Waals surface area contributed by atoms with Crippen molar-refractivity contribution in [2.45, 2.75) is 41.0 Å². The zero-order chi connectivity index (χ0) is 10.9. The summed E-state index contributed by atoms with van der Waals surface area (Å²) in [5.41, 5.74) is 0.865. The predicted octanol–water partition coefficient (Wildman–Crippen LogP) is 2.93. The Morgan fingerprint density at radius 3 is 2.36 bits per heavy atom. The quantitative estimate of drug-likeness (QED) is 0.678. The van der Waals surface area contributed by atoms with E-state index in [2.05, 4.69) is 20.8 Å². The van der Waals surface area contributed by atoms with E-state index in [0.29, 0.717) is 6.61 Å². The lowest BCUT2D eigenvalue weighted by atomic mass is 9.78. The van der Waals surface area contributed by atoms with Crippen molar-refractivity contribution in [2.75, 3.05) is 6.61 Å². The predicted molar refractivity (Wildman–Crippen MR) is 56.9 cm³/mol. The zero-order valence-corrected chi connectivity index (χ0v) is 9.81. The summed E-state index contributed by atoms with van der Waals surface area (Å²) in [4.78, 5) is 11.9. The standard InChI is InChI=1S/C12H20O2/c1-6-14-10-7-9(12(3,4)5)11(13)8(10)2/h9H,6-7H2,1-5H3. The minimum absolute atomic E-state index is 0.0389. The van der Waals surface area contributed by atoms with Gasteiger partial charge in [0.25, 0.3) is 0 Å². The van der Waals surface area contributed by atoms with Crippen LogP contribution in [0.3, 0.4) is 0 Å². The highest BCUT2D eigenvalue weighted by Gasteiger charge is 2.39. The van der Waals surface area contributed by atoms with Gasteiger partial charge in [-0.3, -0.25) is 4.79 Å². The molecule has 0 heterocycles. The molecule has 1 aliphatic rings. The zero-order valence-electron chi connectivity index (χ0n) is 9.81. The van der Waals surface area contributed by atoms with Crippen LogP contribution >= 0.6 is 0 Å². The second-order valence-electron chi connectivity index (χ2n) is 4.97. The highest BCUT2D eigenvalue weighted by atomic mass is 16.5. The number of hydrogen-bond acceptors (Lipinski definition) is 2. The molecule has 0 aliphatic heterocycles. The van der Waals surface area contributed by atoms with Crippen molar-refractivity contribution in [2.24, 2.45) is 11.3 Å². The lowest BCUT2D eigenvalue weighted by Crippen LogP contribution is -2.25. The van der Waals surface area contributed by atoms with Crippen LogP contribution in [-0.4, -0.2) is 12.4 Å². The Hall–Kier alpha value is -0.790. The van der Waals surface area contributed by atoms with Crippen LogP contribution in [0.25, 0.3) is 0 Å². The molecule has 0 aromatic heterocycles. The fourth-order valence-electron chi connectivity index (χ4n) is 1.87. The molecule has 0 spiro atoms. The molecular weight excluding hydrogens is 176 g/mol. The highest BCUT2D eigenvalue weighted by molar-refractivity contribution is 6.00. The minimum atomic E-state index is 0.0389. The maximum atomic E-state index is 11.9. The van der Waals surface area contributed by atoms with Gasteiger partial charge in [0.2, 0.25) is 0 Å². The number of ketones is 1. The van der Waals surface area contributed by atoms with Crippen molar-refractivity contribution in [3.8, 4) is 0 Å². The number of ether oxygens (including phenoxy) is 1. The van der Waals surface area contributed by atoms with Crippen LogP contribution in [0.15, 0.2) is 11.3 Å². The van der Waals surface area contributed by atoms with Gasteiger partial charge in [-0.2, -0.15) is 0 Å². The van der Waals surface area contributed by atoms with E-state index in [0.717, 1.165) is 17.8 Å². The molecule has 0 saturated heterocycles. The maximum Gasteiger partial charge on any atom is 0.165 e. The van der Waals surface area contributed by atoms with Gasteiger partial charge < -0.3 is 4.74 Å². The topological polar surface area (TPSA) is 26.3 Å². The summed E-state index contributed by atoms with van der Waals surface area (Å²) < 4.78 is 5.47. The molecule has 1 aliphatic carbocycles. The molecule has 0 aromatic rings. The van der Waals surface area contributed by atoms with Crippen molar-refractivity contribution in [1.82, 2.24) is 0 Å². The number of carbonyl (C=O) groups is 1. The van der Waals surface area contributed by atoms with Crippen LogP contribution in [0, 0.1) is 11.3 Å². The Labute approximate surface area is 86.3 Å². The van der Waals surface area contributed by atoms with E-state index in [-0.39, 0.29) is 17.1 Å². The lowest BCUT2D eigenvalue weighted by Gasteiger charge is -2.25. The van der Waals surface area contributed by atoms with Crippen LogP contribution in [0.2, 0.25) is 0 Å². The second kappa shape index (κ2) is 3.76. The first kappa shape index (κ1) is 11.3. The molecule has 1 rings (SSSR count). The molecular formula is C12H20O2. The molecule has 0 radical (unpaired) electrons. The van der Waals surface area contributed by atoms with Crippen LogP contribution in [0.1, 0.15) is 41.0 Å². The van der Waals surface area contributed by atoms with E-state index in [1.54, 1.807) is 0 Å². The summed E-state index contributed by atoms with van der Waals surface area (Å²) in [6, 6.07) is 0. The number of rotatable bonds is 2. The molecule has 1 unspecified atom stereocenters. The van der Waals surface area contributed by atoms with Gasteiger partial charge >= 0.3 is 0 Å². The minimum Gasteiger partial charge on any atom is -0.498 e. The fraction of sp³-hybridized carbons (Fsp3) is 0.750. The van der Waals surface area contributed by atoms with Crippen molar-refractivity contribution >= 4 is 5.78 Å². The van der Waals surface area contributed by atoms with Crippen LogP contribution in [0.4, 0.5) is 0 Å². The van der Waals surface area contributed by atoms with Crippen molar-refractivity contribution < 1.29 is 9.53 Å². The van der Waals surface area contributed by atoms with E-state index < -0.39 is 0 Å². The molecule has 0 fully saturated rings. The van der Waals surface area contributed by atoms with Crippen LogP contribution < -0.4 is 0 Å². The smallest absolute Gasteiger partial charge is 0.165 e. The fourth-order valence-corrected chi connectivity index (χ4v) is 1.87. The molecule has 2 nitrogen and oxygen atoms in total. The molecule has 0 saturated carbocycles. The van der Waals surface area contributed by atoms with Crippen molar-refractivity contribution in [3.63, 3.8) is 0 Å². The summed E-state index contributed by atoms with van der Waals surface area (Å²) >= 11 is 0. The Kier molecular flexibility index (Phi) is 3.03. The van der Waals surface area contributed by atoms with Crippen molar-refractivity contribution in [3.05, 3.63) is 11.3 Å². The van der Waals surface area contributed by atoms with Gasteiger partial charge in [0.15, 0.2) is 5.78 Å². The first-order chi connectivity index (χ1) is 6.38. The third kappa shape index (κ3) is 1.99. The van der Waals surface area contributed by atoms with Gasteiger partial charge in [-0.1, -0.05) is 20.8 Å². The Bertz CT molecular complexity index is 269. The third-order valence-corrected chi connectivity index (χ3v) is 2.86. The summed E-state index contributed by atoms with van der Waals surface area (Å²) in [5.74, 6) is 1.27. The van der Waals surface area contributed by atoms with Crippen LogP contribution in [-0.2, 0) is 9.53 Å². The summed E-state index contributed by atoms with van der Waals surface area (Å²) in [6.07, 6.45) is 0.780. The largest absolute Gasteiger partial charge is 0.498 e. The molecule has 0 amide bonds. The normalized spacial score (nSPS) is 23.2. The van der Waals surface area contributed by atoms with Gasteiger partial charge in [0, 0.05) is 17.9 Å². The summed E-state index contributed by atoms with van der Waals surface area (Å²) in [5, 5.41) is 0. The van der Waals surface area contributed by atoms with Gasteiger partial charge in [0.05, 0.1) is 6.61 Å². The Morgan fingerprint density at radius 2 is 2.00 bits per heavy atom. The first-order valence-electron chi connectivity index (χ1n) is 5.24. The van der Waals surface area contributed by atoms with E-state index in [4.69, 9.17) is 4.74 Å². The average molecular weight is 196 g/mol. The van der Waals surface area contributed by atoms with Crippen molar-refractivity contribution in [1.29, 1.82) is 0 Å². The highest BCUT2D eigenvalue weighted by Crippen LogP contribution is 2.39. The summed E-state index contributed by atoms with van der Waals surface area (Å²) in [6.45, 7) is 10.8. The van der Waals surface area contributed by atoms with E-state index in [1.165, 1.54) is 0 Å². The SMILES string of the molecule is CCOC1=C(C)C(=O)C(C(C)(C)C)C1. The number of carbonyl (C=O) groups excluding carboxylic acids is 1. The molecule has 80 valence electrons. The molecule has 0 aromatic carbocycles. The molecule has 2 heteroatoms. The number of Topliss-reactive ketones (excluding diaryl/α,β-unsaturated/α-hetero) is 1. The third-order valence-electron chi connectivity index (χ3n) is 2.86. The monoisotopic (exact) mass is 196 g/mol. The number of allylic oxidation sites excluding steroid dienone is 2. The molecule has 14 heavy (non-hydrogen) atoms. The first-order valence-corrected chi connectivity index (χ1v) is 5.24. The molecule has 0 N–H and O–H groups in total. The molecule has 1 atom stereocenters. The van der Waals surface area contributed by atoms with Gasteiger partial charge in [-0.05, 0) is 19.3 Å². The van der Waals surface area contributed by atoms with Gasteiger partial charge in [-0.25, -0.2) is 0 Å². The van der Waals surface area contributed by atoms with Crippen LogP contribution in [0.5, 0.6) is 0 Å². The van der Waals surface area contributed by atoms with Gasteiger partial charge in [0.1, 0.15) is 5.76 Å². The number of hydrogen-bond donors (Lipinski definition) is 0.